The lowest BCUT2D eigenvalue weighted by atomic mass is 9.88. The Bertz CT molecular complexity index is 526. The number of carboxylic acids is 1. The van der Waals surface area contributed by atoms with Crippen molar-refractivity contribution < 1.29 is 14.7 Å². The van der Waals surface area contributed by atoms with Crippen molar-refractivity contribution in [3.05, 3.63) is 22.4 Å². The minimum absolute atomic E-state index is 0.208. The van der Waals surface area contributed by atoms with Gasteiger partial charge in [0.1, 0.15) is 11.7 Å². The van der Waals surface area contributed by atoms with Gasteiger partial charge in [-0.2, -0.15) is 0 Å². The fourth-order valence-corrected chi connectivity index (χ4v) is 3.29. The van der Waals surface area contributed by atoms with Crippen molar-refractivity contribution in [1.29, 1.82) is 0 Å². The number of hydrogen-bond acceptors (Lipinski definition) is 2. The first-order valence-corrected chi connectivity index (χ1v) is 7.59. The number of rotatable bonds is 3. The smallest absolute Gasteiger partial charge is 0.326 e. The zero-order chi connectivity index (χ0) is 14.9. The maximum Gasteiger partial charge on any atom is 0.326 e. The summed E-state index contributed by atoms with van der Waals surface area (Å²) in [5.74, 6) is -0.731. The van der Waals surface area contributed by atoms with Gasteiger partial charge in [-0.15, -0.1) is 0 Å². The summed E-state index contributed by atoms with van der Waals surface area (Å²) in [6.45, 7) is 2.58. The lowest BCUT2D eigenvalue weighted by Crippen LogP contribution is -2.50. The van der Waals surface area contributed by atoms with Crippen LogP contribution in [-0.4, -0.2) is 39.0 Å². The lowest BCUT2D eigenvalue weighted by Gasteiger charge is -2.36. The van der Waals surface area contributed by atoms with Gasteiger partial charge in [-0.3, -0.25) is 4.79 Å². The number of piperidine rings is 1. The van der Waals surface area contributed by atoms with Crippen LogP contribution in [0.2, 0.25) is 0 Å². The van der Waals surface area contributed by atoms with E-state index in [0.717, 1.165) is 17.3 Å². The molecule has 1 fully saturated rings. The van der Waals surface area contributed by atoms with Gasteiger partial charge in [-0.25, -0.2) is 4.79 Å². The molecular weight excluding hydrogens is 324 g/mol. The van der Waals surface area contributed by atoms with Crippen LogP contribution >= 0.6 is 15.9 Å². The van der Waals surface area contributed by atoms with Gasteiger partial charge in [0.15, 0.2) is 0 Å². The molecule has 0 radical (unpaired) electrons. The molecule has 0 spiro atoms. The van der Waals surface area contributed by atoms with Gasteiger partial charge >= 0.3 is 5.97 Å². The molecule has 0 saturated carbocycles. The largest absolute Gasteiger partial charge is 0.480 e. The minimum Gasteiger partial charge on any atom is -0.480 e. The first-order chi connectivity index (χ1) is 9.43. The fraction of sp³-hybridized carbons (Fsp3) is 0.571. The van der Waals surface area contributed by atoms with Crippen LogP contribution in [0.3, 0.4) is 0 Å². The molecule has 2 atom stereocenters. The lowest BCUT2D eigenvalue weighted by molar-refractivity contribution is -0.144. The molecule has 1 aliphatic heterocycles. The van der Waals surface area contributed by atoms with E-state index in [1.165, 1.54) is 4.90 Å². The van der Waals surface area contributed by atoms with E-state index in [2.05, 4.69) is 22.9 Å². The van der Waals surface area contributed by atoms with Crippen molar-refractivity contribution in [1.82, 2.24) is 9.47 Å². The highest BCUT2D eigenvalue weighted by Crippen LogP contribution is 2.27. The van der Waals surface area contributed by atoms with Crippen molar-refractivity contribution in [2.45, 2.75) is 32.2 Å². The predicted molar refractivity (Wildman–Crippen MR) is 78.6 cm³/mol. The van der Waals surface area contributed by atoms with Crippen molar-refractivity contribution in [2.24, 2.45) is 13.0 Å². The van der Waals surface area contributed by atoms with Gasteiger partial charge < -0.3 is 14.6 Å². The molecule has 1 aromatic rings. The monoisotopic (exact) mass is 342 g/mol. The number of aliphatic carboxylic acids is 1. The van der Waals surface area contributed by atoms with Crippen molar-refractivity contribution in [3.63, 3.8) is 0 Å². The van der Waals surface area contributed by atoms with E-state index in [1.807, 2.05) is 0 Å². The van der Waals surface area contributed by atoms with Crippen LogP contribution in [0.1, 0.15) is 36.7 Å². The van der Waals surface area contributed by atoms with E-state index in [9.17, 15) is 14.7 Å². The van der Waals surface area contributed by atoms with Gasteiger partial charge in [-0.1, -0.05) is 13.3 Å². The van der Waals surface area contributed by atoms with E-state index >= 15 is 0 Å². The van der Waals surface area contributed by atoms with Gasteiger partial charge in [0.05, 0.1) is 0 Å². The number of aryl methyl sites for hydroxylation is 1. The molecule has 110 valence electrons. The molecule has 2 heterocycles. The Morgan fingerprint density at radius 3 is 2.70 bits per heavy atom. The van der Waals surface area contributed by atoms with Crippen LogP contribution < -0.4 is 0 Å². The molecule has 1 saturated heterocycles. The third-order valence-electron chi connectivity index (χ3n) is 4.03. The van der Waals surface area contributed by atoms with Gasteiger partial charge in [0, 0.05) is 24.3 Å². The zero-order valence-electron chi connectivity index (χ0n) is 11.7. The normalized spacial score (nSPS) is 22.9. The van der Waals surface area contributed by atoms with Crippen LogP contribution in [0.4, 0.5) is 0 Å². The number of likely N-dealkylation sites (tertiary alicyclic amines) is 1. The maximum atomic E-state index is 12.6. The molecule has 20 heavy (non-hydrogen) atoms. The highest BCUT2D eigenvalue weighted by Gasteiger charge is 2.36. The third-order valence-corrected chi connectivity index (χ3v) is 4.46. The van der Waals surface area contributed by atoms with Crippen LogP contribution in [0.25, 0.3) is 0 Å². The average Bonchev–Trinajstić information content (AvgIpc) is 2.76. The summed E-state index contributed by atoms with van der Waals surface area (Å²) in [5.41, 5.74) is 0.512. The second kappa shape index (κ2) is 5.99. The highest BCUT2D eigenvalue weighted by atomic mass is 79.9. The molecule has 1 amide bonds. The molecule has 2 rings (SSSR count). The predicted octanol–water partition coefficient (Wildman–Crippen LogP) is 2.50. The summed E-state index contributed by atoms with van der Waals surface area (Å²) in [7, 11) is 1.78. The molecule has 5 nitrogen and oxygen atoms in total. The molecule has 1 aliphatic rings. The summed E-state index contributed by atoms with van der Waals surface area (Å²) >= 11 is 3.33. The quantitative estimate of drug-likeness (QED) is 0.917. The van der Waals surface area contributed by atoms with Gasteiger partial charge in [0.25, 0.3) is 5.91 Å². The number of nitrogens with zero attached hydrogens (tertiary/aromatic N) is 2. The Hall–Kier alpha value is -1.30. The molecule has 1 aromatic heterocycles. The van der Waals surface area contributed by atoms with Crippen molar-refractivity contribution in [2.75, 3.05) is 6.54 Å². The second-order valence-electron chi connectivity index (χ2n) is 5.31. The first-order valence-electron chi connectivity index (χ1n) is 6.79. The number of hydrogen-bond donors (Lipinski definition) is 1. The third kappa shape index (κ3) is 2.90. The summed E-state index contributed by atoms with van der Waals surface area (Å²) in [6.07, 6.45) is 4.17. The van der Waals surface area contributed by atoms with Crippen molar-refractivity contribution >= 4 is 27.8 Å². The summed E-state index contributed by atoms with van der Waals surface area (Å²) in [5, 5.41) is 9.38. The van der Waals surface area contributed by atoms with E-state index in [-0.39, 0.29) is 5.91 Å². The number of amides is 1. The summed E-state index contributed by atoms with van der Waals surface area (Å²) in [4.78, 5) is 25.5. The zero-order valence-corrected chi connectivity index (χ0v) is 13.3. The molecule has 1 N–H and O–H groups in total. The highest BCUT2D eigenvalue weighted by molar-refractivity contribution is 9.10. The SMILES string of the molecule is CCC1CCN(C(=O)c2cc(Br)cn2C)C(C(=O)O)C1. The topological polar surface area (TPSA) is 62.5 Å². The standard InChI is InChI=1S/C14H19BrN2O3/c1-3-9-4-5-17(12(6-9)14(19)20)13(18)11-7-10(15)8-16(11)2/h7-9,12H,3-6H2,1-2H3,(H,19,20). The number of carboxylic acid groups (broad SMARTS) is 1. The second-order valence-corrected chi connectivity index (χ2v) is 6.22. The summed E-state index contributed by atoms with van der Waals surface area (Å²) < 4.78 is 2.54. The Morgan fingerprint density at radius 1 is 1.50 bits per heavy atom. The Kier molecular flexibility index (Phi) is 4.52. The molecule has 0 aromatic carbocycles. The van der Waals surface area contributed by atoms with Crippen LogP contribution in [0, 0.1) is 5.92 Å². The number of halogens is 1. The van der Waals surface area contributed by atoms with Gasteiger partial charge in [-0.05, 0) is 40.8 Å². The minimum atomic E-state index is -0.912. The van der Waals surface area contributed by atoms with E-state index in [0.29, 0.717) is 24.6 Å². The first kappa shape index (κ1) is 15.1. The summed E-state index contributed by atoms with van der Waals surface area (Å²) in [6, 6.07) is 1.02. The van der Waals surface area contributed by atoms with E-state index < -0.39 is 12.0 Å². The van der Waals surface area contributed by atoms with E-state index in [1.54, 1.807) is 23.9 Å². The fourth-order valence-electron chi connectivity index (χ4n) is 2.77. The maximum absolute atomic E-state index is 12.6. The number of carbonyl (C=O) groups excluding carboxylic acids is 1. The number of aromatic nitrogens is 1. The molecule has 2 unspecified atom stereocenters. The van der Waals surface area contributed by atoms with Crippen LogP contribution in [-0.2, 0) is 11.8 Å². The molecular formula is C14H19BrN2O3. The van der Waals surface area contributed by atoms with Crippen LogP contribution in [0.15, 0.2) is 16.7 Å². The number of carbonyl (C=O) groups is 2. The molecule has 0 aliphatic carbocycles. The Morgan fingerprint density at radius 2 is 2.20 bits per heavy atom. The Labute approximate surface area is 126 Å². The average molecular weight is 343 g/mol. The van der Waals surface area contributed by atoms with Crippen LogP contribution in [0.5, 0.6) is 0 Å². The van der Waals surface area contributed by atoms with Gasteiger partial charge in [0.2, 0.25) is 0 Å². The van der Waals surface area contributed by atoms with Crippen molar-refractivity contribution in [3.8, 4) is 0 Å². The van der Waals surface area contributed by atoms with E-state index in [4.69, 9.17) is 0 Å². The Balaban J connectivity index is 2.23. The molecule has 6 heteroatoms. The molecule has 0 bridgehead atoms.